The Morgan fingerprint density at radius 2 is 2.25 bits per heavy atom. The molecule has 0 aliphatic carbocycles. The van der Waals surface area contributed by atoms with Gasteiger partial charge in [0.2, 0.25) is 5.91 Å². The quantitative estimate of drug-likeness (QED) is 0.775. The van der Waals surface area contributed by atoms with Crippen LogP contribution in [0.5, 0.6) is 0 Å². The highest BCUT2D eigenvalue weighted by atomic mass is 16.1. The van der Waals surface area contributed by atoms with Crippen LogP contribution in [0.3, 0.4) is 0 Å². The number of rotatable bonds is 6. The van der Waals surface area contributed by atoms with E-state index in [2.05, 4.69) is 10.3 Å². The summed E-state index contributed by atoms with van der Waals surface area (Å²) in [5.74, 6) is 0.681. The summed E-state index contributed by atoms with van der Waals surface area (Å²) in [5.41, 5.74) is 8.06. The summed E-state index contributed by atoms with van der Waals surface area (Å²) in [4.78, 5) is 15.4. The van der Waals surface area contributed by atoms with Gasteiger partial charge in [-0.25, -0.2) is 4.98 Å². The Balaban J connectivity index is 1.85. The Morgan fingerprint density at radius 1 is 1.45 bits per heavy atom. The third-order valence-electron chi connectivity index (χ3n) is 3.39. The minimum atomic E-state index is -0.387. The number of aryl methyl sites for hydroxylation is 2. The van der Waals surface area contributed by atoms with Crippen LogP contribution in [0.1, 0.15) is 27.3 Å². The molecule has 5 nitrogen and oxygen atoms in total. The molecule has 0 aliphatic rings. The van der Waals surface area contributed by atoms with Gasteiger partial charge in [-0.3, -0.25) is 4.79 Å². The maximum Gasteiger partial charge on any atom is 0.248 e. The number of hydrogen-bond acceptors (Lipinski definition) is 3. The first-order chi connectivity index (χ1) is 9.58. The fourth-order valence-electron chi connectivity index (χ4n) is 2.11. The van der Waals surface area contributed by atoms with E-state index in [0.717, 1.165) is 30.9 Å². The van der Waals surface area contributed by atoms with Crippen LogP contribution in [0.15, 0.2) is 30.6 Å². The minimum absolute atomic E-state index is 0.387. The second kappa shape index (κ2) is 6.34. The van der Waals surface area contributed by atoms with Crippen molar-refractivity contribution in [1.82, 2.24) is 14.9 Å². The highest BCUT2D eigenvalue weighted by molar-refractivity contribution is 5.93. The average Bonchev–Trinajstić information content (AvgIpc) is 2.81. The van der Waals surface area contributed by atoms with Gasteiger partial charge in [0.25, 0.3) is 0 Å². The number of amides is 1. The standard InChI is InChI=1S/C15H20N4O/c1-11-9-12(15(16)20)3-4-13(11)10-17-6-5-14-18-7-8-19(14)2/h3-4,7-9,17H,5-6,10H2,1-2H3,(H2,16,20). The Hall–Kier alpha value is -2.14. The highest BCUT2D eigenvalue weighted by Gasteiger charge is 2.04. The molecule has 0 unspecified atom stereocenters. The predicted molar refractivity (Wildman–Crippen MR) is 78.3 cm³/mol. The maximum atomic E-state index is 11.1. The summed E-state index contributed by atoms with van der Waals surface area (Å²) < 4.78 is 2.02. The molecule has 0 radical (unpaired) electrons. The normalized spacial score (nSPS) is 10.7. The summed E-state index contributed by atoms with van der Waals surface area (Å²) >= 11 is 0. The average molecular weight is 272 g/mol. The third kappa shape index (κ3) is 3.45. The topological polar surface area (TPSA) is 72.9 Å². The van der Waals surface area contributed by atoms with Crippen molar-refractivity contribution in [2.24, 2.45) is 12.8 Å². The van der Waals surface area contributed by atoms with Crippen molar-refractivity contribution < 1.29 is 4.79 Å². The highest BCUT2D eigenvalue weighted by Crippen LogP contribution is 2.10. The van der Waals surface area contributed by atoms with Crippen LogP contribution >= 0.6 is 0 Å². The van der Waals surface area contributed by atoms with E-state index in [4.69, 9.17) is 5.73 Å². The van der Waals surface area contributed by atoms with E-state index < -0.39 is 0 Å². The van der Waals surface area contributed by atoms with Crippen molar-refractivity contribution in [1.29, 1.82) is 0 Å². The van der Waals surface area contributed by atoms with Crippen molar-refractivity contribution >= 4 is 5.91 Å². The number of nitrogens with two attached hydrogens (primary N) is 1. The number of nitrogens with one attached hydrogen (secondary N) is 1. The molecular formula is C15H20N4O. The van der Waals surface area contributed by atoms with E-state index in [-0.39, 0.29) is 5.91 Å². The van der Waals surface area contributed by atoms with Crippen LogP contribution in [-0.4, -0.2) is 22.0 Å². The van der Waals surface area contributed by atoms with Gasteiger partial charge in [0.05, 0.1) is 0 Å². The largest absolute Gasteiger partial charge is 0.366 e. The molecule has 2 aromatic rings. The zero-order chi connectivity index (χ0) is 14.5. The van der Waals surface area contributed by atoms with Gasteiger partial charge < -0.3 is 15.6 Å². The SMILES string of the molecule is Cc1cc(C(N)=O)ccc1CNCCc1nccn1C. The van der Waals surface area contributed by atoms with Gasteiger partial charge in [-0.05, 0) is 30.2 Å². The van der Waals surface area contributed by atoms with Crippen LogP contribution in [0.25, 0.3) is 0 Å². The van der Waals surface area contributed by atoms with Crippen molar-refractivity contribution in [3.8, 4) is 0 Å². The Kier molecular flexibility index (Phi) is 4.53. The minimum Gasteiger partial charge on any atom is -0.366 e. The molecule has 1 heterocycles. The fraction of sp³-hybridized carbons (Fsp3) is 0.333. The zero-order valence-electron chi connectivity index (χ0n) is 11.9. The summed E-state index contributed by atoms with van der Waals surface area (Å²) in [6.45, 7) is 3.62. The van der Waals surface area contributed by atoms with Gasteiger partial charge in [0.1, 0.15) is 5.82 Å². The Morgan fingerprint density at radius 3 is 2.85 bits per heavy atom. The molecule has 0 fully saturated rings. The van der Waals surface area contributed by atoms with Gasteiger partial charge in [0.15, 0.2) is 0 Å². The van der Waals surface area contributed by atoms with Crippen molar-refractivity contribution in [2.75, 3.05) is 6.54 Å². The van der Waals surface area contributed by atoms with Crippen LogP contribution in [-0.2, 0) is 20.0 Å². The molecule has 106 valence electrons. The molecule has 1 aromatic heterocycles. The lowest BCUT2D eigenvalue weighted by Crippen LogP contribution is -2.19. The van der Waals surface area contributed by atoms with Gasteiger partial charge >= 0.3 is 0 Å². The number of nitrogens with zero attached hydrogens (tertiary/aromatic N) is 2. The maximum absolute atomic E-state index is 11.1. The molecule has 2 rings (SSSR count). The van der Waals surface area contributed by atoms with Crippen LogP contribution < -0.4 is 11.1 Å². The molecule has 3 N–H and O–H groups in total. The first-order valence-electron chi connectivity index (χ1n) is 6.64. The van der Waals surface area contributed by atoms with Gasteiger partial charge in [-0.1, -0.05) is 6.07 Å². The van der Waals surface area contributed by atoms with E-state index in [0.29, 0.717) is 5.56 Å². The van der Waals surface area contributed by atoms with Crippen molar-refractivity contribution in [3.05, 3.63) is 53.1 Å². The van der Waals surface area contributed by atoms with E-state index in [1.165, 1.54) is 5.56 Å². The molecule has 0 bridgehead atoms. The summed E-state index contributed by atoms with van der Waals surface area (Å²) in [7, 11) is 2.00. The van der Waals surface area contributed by atoms with Crippen molar-refractivity contribution in [3.63, 3.8) is 0 Å². The number of aromatic nitrogens is 2. The monoisotopic (exact) mass is 272 g/mol. The summed E-state index contributed by atoms with van der Waals surface area (Å²) in [6.07, 6.45) is 4.64. The van der Waals surface area contributed by atoms with Crippen LogP contribution in [0.2, 0.25) is 0 Å². The van der Waals surface area contributed by atoms with Gasteiger partial charge in [-0.2, -0.15) is 0 Å². The Bertz CT molecular complexity index is 604. The third-order valence-corrected chi connectivity index (χ3v) is 3.39. The number of benzene rings is 1. The molecule has 0 aliphatic heterocycles. The van der Waals surface area contributed by atoms with Crippen molar-refractivity contribution in [2.45, 2.75) is 19.9 Å². The molecule has 0 saturated carbocycles. The molecule has 0 saturated heterocycles. The molecular weight excluding hydrogens is 252 g/mol. The molecule has 20 heavy (non-hydrogen) atoms. The number of carbonyl (C=O) groups excluding carboxylic acids is 1. The van der Waals surface area contributed by atoms with E-state index in [1.54, 1.807) is 6.07 Å². The second-order valence-electron chi connectivity index (χ2n) is 4.89. The van der Waals surface area contributed by atoms with Crippen LogP contribution in [0.4, 0.5) is 0 Å². The lowest BCUT2D eigenvalue weighted by atomic mass is 10.0. The zero-order valence-corrected chi connectivity index (χ0v) is 11.9. The van der Waals surface area contributed by atoms with Crippen LogP contribution in [0, 0.1) is 6.92 Å². The first kappa shape index (κ1) is 14.3. The van der Waals surface area contributed by atoms with Gasteiger partial charge in [-0.15, -0.1) is 0 Å². The second-order valence-corrected chi connectivity index (χ2v) is 4.89. The smallest absolute Gasteiger partial charge is 0.248 e. The first-order valence-corrected chi connectivity index (χ1v) is 6.64. The molecule has 1 amide bonds. The number of imidazole rings is 1. The van der Waals surface area contributed by atoms with E-state index in [1.807, 2.05) is 43.1 Å². The van der Waals surface area contributed by atoms with E-state index >= 15 is 0 Å². The number of hydrogen-bond donors (Lipinski definition) is 2. The molecule has 0 spiro atoms. The number of primary amides is 1. The van der Waals surface area contributed by atoms with Gasteiger partial charge in [0, 0.05) is 44.5 Å². The molecule has 1 aromatic carbocycles. The fourth-order valence-corrected chi connectivity index (χ4v) is 2.11. The summed E-state index contributed by atoms with van der Waals surface area (Å²) in [6, 6.07) is 5.55. The molecule has 0 atom stereocenters. The Labute approximate surface area is 118 Å². The summed E-state index contributed by atoms with van der Waals surface area (Å²) in [5, 5.41) is 3.39. The molecule has 5 heteroatoms. The van der Waals surface area contributed by atoms with E-state index in [9.17, 15) is 4.79 Å². The lowest BCUT2D eigenvalue weighted by molar-refractivity contribution is 0.1000. The predicted octanol–water partition coefficient (Wildman–Crippen LogP) is 1.16. The lowest BCUT2D eigenvalue weighted by Gasteiger charge is -2.09. The number of carbonyl (C=O) groups is 1.